The van der Waals surface area contributed by atoms with Gasteiger partial charge in [-0.3, -0.25) is 4.79 Å². The molecule has 142 valence electrons. The van der Waals surface area contributed by atoms with E-state index in [4.69, 9.17) is 4.74 Å². The summed E-state index contributed by atoms with van der Waals surface area (Å²) in [6.07, 6.45) is 3.21. The van der Waals surface area contributed by atoms with Crippen molar-refractivity contribution >= 4 is 29.0 Å². The van der Waals surface area contributed by atoms with E-state index in [9.17, 15) is 4.79 Å². The van der Waals surface area contributed by atoms with E-state index in [0.717, 1.165) is 48.3 Å². The van der Waals surface area contributed by atoms with E-state index in [1.807, 2.05) is 16.3 Å². The molecule has 1 aliphatic rings. The Bertz CT molecular complexity index is 702. The van der Waals surface area contributed by atoms with Crippen molar-refractivity contribution < 1.29 is 9.53 Å². The third-order valence-electron chi connectivity index (χ3n) is 4.52. The van der Waals surface area contributed by atoms with Crippen LogP contribution in [-0.4, -0.2) is 58.1 Å². The van der Waals surface area contributed by atoms with Crippen LogP contribution in [0.1, 0.15) is 26.2 Å². The van der Waals surface area contributed by atoms with Gasteiger partial charge in [0.05, 0.1) is 10.6 Å². The first kappa shape index (κ1) is 19.4. The molecular weight excluding hydrogens is 368 g/mol. The molecule has 0 radical (unpaired) electrons. The summed E-state index contributed by atoms with van der Waals surface area (Å²) >= 11 is 3.14. The highest BCUT2D eigenvalue weighted by Crippen LogP contribution is 2.28. The predicted octanol–water partition coefficient (Wildman–Crippen LogP) is 3.39. The molecule has 26 heavy (non-hydrogen) atoms. The van der Waals surface area contributed by atoms with Gasteiger partial charge in [-0.15, -0.1) is 21.5 Å². The van der Waals surface area contributed by atoms with Gasteiger partial charge in [-0.05, 0) is 36.6 Å². The Morgan fingerprint density at radius 1 is 1.46 bits per heavy atom. The number of rotatable bonds is 8. The van der Waals surface area contributed by atoms with E-state index < -0.39 is 0 Å². The van der Waals surface area contributed by atoms with Gasteiger partial charge in [0.1, 0.15) is 0 Å². The lowest BCUT2D eigenvalue weighted by atomic mass is 10.0. The second-order valence-electron chi connectivity index (χ2n) is 6.66. The Balaban J connectivity index is 1.67. The zero-order chi connectivity index (χ0) is 18.4. The topological polar surface area (TPSA) is 60.2 Å². The average Bonchev–Trinajstić information content (AvgIpc) is 3.29. The van der Waals surface area contributed by atoms with E-state index in [0.29, 0.717) is 18.3 Å². The standard InChI is InChI=1S/C18H26N4O2S2/c1-14-6-3-8-21(12-14)16(23)13-26-18-20-19-17(15-7-4-11-25-15)22(18)9-5-10-24-2/h4,7,11,14H,3,5-6,8-10,12-13H2,1-2H3/t14-/m0/s1. The zero-order valence-electron chi connectivity index (χ0n) is 15.4. The van der Waals surface area contributed by atoms with Crippen LogP contribution >= 0.6 is 23.1 Å². The van der Waals surface area contributed by atoms with Crippen LogP contribution < -0.4 is 0 Å². The molecule has 0 spiro atoms. The SMILES string of the molecule is COCCCn1c(SCC(=O)N2CCC[C@H](C)C2)nnc1-c1cccs1. The number of thiophene rings is 1. The summed E-state index contributed by atoms with van der Waals surface area (Å²) in [5, 5.41) is 11.6. The summed E-state index contributed by atoms with van der Waals surface area (Å²) in [5.41, 5.74) is 0. The van der Waals surface area contributed by atoms with Gasteiger partial charge in [-0.1, -0.05) is 24.8 Å². The second-order valence-corrected chi connectivity index (χ2v) is 8.55. The normalized spacial score (nSPS) is 17.6. The lowest BCUT2D eigenvalue weighted by Crippen LogP contribution is -2.40. The minimum Gasteiger partial charge on any atom is -0.385 e. The van der Waals surface area contributed by atoms with Gasteiger partial charge in [0.2, 0.25) is 5.91 Å². The molecule has 0 unspecified atom stereocenters. The summed E-state index contributed by atoms with van der Waals surface area (Å²) in [4.78, 5) is 15.6. The Morgan fingerprint density at radius 3 is 3.08 bits per heavy atom. The zero-order valence-corrected chi connectivity index (χ0v) is 17.0. The molecule has 6 nitrogen and oxygen atoms in total. The fourth-order valence-corrected chi connectivity index (χ4v) is 4.77. The van der Waals surface area contributed by atoms with E-state index in [1.54, 1.807) is 18.4 Å². The van der Waals surface area contributed by atoms with Crippen LogP contribution in [0.4, 0.5) is 0 Å². The summed E-state index contributed by atoms with van der Waals surface area (Å²) < 4.78 is 7.29. The lowest BCUT2D eigenvalue weighted by molar-refractivity contribution is -0.130. The number of aromatic nitrogens is 3. The molecule has 3 rings (SSSR count). The van der Waals surface area contributed by atoms with Gasteiger partial charge in [0.25, 0.3) is 0 Å². The molecule has 1 atom stereocenters. The molecule has 0 aromatic carbocycles. The minimum absolute atomic E-state index is 0.200. The largest absolute Gasteiger partial charge is 0.385 e. The van der Waals surface area contributed by atoms with Crippen molar-refractivity contribution in [2.24, 2.45) is 5.92 Å². The molecule has 3 heterocycles. The molecule has 1 aliphatic heterocycles. The van der Waals surface area contributed by atoms with Crippen LogP contribution in [0.3, 0.4) is 0 Å². The molecule has 0 saturated carbocycles. The number of amides is 1. The monoisotopic (exact) mass is 394 g/mol. The van der Waals surface area contributed by atoms with Crippen LogP contribution in [0.25, 0.3) is 10.7 Å². The van der Waals surface area contributed by atoms with Crippen molar-refractivity contribution in [2.45, 2.75) is 37.9 Å². The molecule has 0 bridgehead atoms. The van der Waals surface area contributed by atoms with Crippen LogP contribution in [0.2, 0.25) is 0 Å². The number of carbonyl (C=O) groups excluding carboxylic acids is 1. The number of ether oxygens (including phenoxy) is 1. The summed E-state index contributed by atoms with van der Waals surface area (Å²) in [5.74, 6) is 2.09. The third kappa shape index (κ3) is 4.86. The van der Waals surface area contributed by atoms with Crippen LogP contribution in [0.5, 0.6) is 0 Å². The first-order valence-electron chi connectivity index (χ1n) is 9.05. The molecule has 2 aromatic heterocycles. The van der Waals surface area contributed by atoms with Crippen molar-refractivity contribution in [1.82, 2.24) is 19.7 Å². The van der Waals surface area contributed by atoms with Gasteiger partial charge in [-0.2, -0.15) is 0 Å². The van der Waals surface area contributed by atoms with Crippen LogP contribution in [0.15, 0.2) is 22.7 Å². The number of carbonyl (C=O) groups is 1. The van der Waals surface area contributed by atoms with Crippen molar-refractivity contribution in [1.29, 1.82) is 0 Å². The maximum absolute atomic E-state index is 12.6. The third-order valence-corrected chi connectivity index (χ3v) is 6.34. The quantitative estimate of drug-likeness (QED) is 0.507. The van der Waals surface area contributed by atoms with Gasteiger partial charge < -0.3 is 14.2 Å². The number of thioether (sulfide) groups is 1. The van der Waals surface area contributed by atoms with E-state index in [-0.39, 0.29) is 5.91 Å². The molecule has 0 aliphatic carbocycles. The van der Waals surface area contributed by atoms with E-state index >= 15 is 0 Å². The van der Waals surface area contributed by atoms with Gasteiger partial charge in [0, 0.05) is 33.4 Å². The average molecular weight is 395 g/mol. The highest BCUT2D eigenvalue weighted by molar-refractivity contribution is 7.99. The van der Waals surface area contributed by atoms with Gasteiger partial charge in [0.15, 0.2) is 11.0 Å². The van der Waals surface area contributed by atoms with Crippen LogP contribution in [0, 0.1) is 5.92 Å². The fourth-order valence-electron chi connectivity index (χ4n) is 3.19. The molecule has 1 amide bonds. The fraction of sp³-hybridized carbons (Fsp3) is 0.611. The van der Waals surface area contributed by atoms with Crippen molar-refractivity contribution in [3.63, 3.8) is 0 Å². The highest BCUT2D eigenvalue weighted by atomic mass is 32.2. The predicted molar refractivity (Wildman–Crippen MR) is 106 cm³/mol. The van der Waals surface area contributed by atoms with Gasteiger partial charge >= 0.3 is 0 Å². The summed E-state index contributed by atoms with van der Waals surface area (Å²) in [7, 11) is 1.71. The number of hydrogen-bond acceptors (Lipinski definition) is 6. The van der Waals surface area contributed by atoms with Crippen LogP contribution in [-0.2, 0) is 16.1 Å². The number of hydrogen-bond donors (Lipinski definition) is 0. The first-order chi connectivity index (χ1) is 12.7. The second kappa shape index (κ2) is 9.53. The Labute approximate surface area is 162 Å². The maximum atomic E-state index is 12.6. The summed E-state index contributed by atoms with van der Waals surface area (Å²) in [6, 6.07) is 4.07. The Hall–Kier alpha value is -1.38. The maximum Gasteiger partial charge on any atom is 0.233 e. The molecular formula is C18H26N4O2S2. The molecule has 2 aromatic rings. The lowest BCUT2D eigenvalue weighted by Gasteiger charge is -2.30. The summed E-state index contributed by atoms with van der Waals surface area (Å²) in [6.45, 7) is 5.44. The molecule has 8 heteroatoms. The van der Waals surface area contributed by atoms with Crippen molar-refractivity contribution in [3.8, 4) is 10.7 Å². The molecule has 1 fully saturated rings. The first-order valence-corrected chi connectivity index (χ1v) is 10.9. The minimum atomic E-state index is 0.200. The van der Waals surface area contributed by atoms with E-state index in [2.05, 4.69) is 27.8 Å². The molecule has 1 saturated heterocycles. The highest BCUT2D eigenvalue weighted by Gasteiger charge is 2.22. The number of nitrogens with zero attached hydrogens (tertiary/aromatic N) is 4. The Kier molecular flexibility index (Phi) is 7.10. The Morgan fingerprint density at radius 2 is 2.35 bits per heavy atom. The smallest absolute Gasteiger partial charge is 0.233 e. The van der Waals surface area contributed by atoms with E-state index in [1.165, 1.54) is 18.2 Å². The number of methoxy groups -OCH3 is 1. The van der Waals surface area contributed by atoms with Gasteiger partial charge in [-0.25, -0.2) is 0 Å². The number of likely N-dealkylation sites (tertiary alicyclic amines) is 1. The van der Waals surface area contributed by atoms with Crippen molar-refractivity contribution in [3.05, 3.63) is 17.5 Å². The number of piperidine rings is 1. The van der Waals surface area contributed by atoms with Crippen molar-refractivity contribution in [2.75, 3.05) is 32.6 Å². The molecule has 0 N–H and O–H groups in total.